The van der Waals surface area contributed by atoms with Gasteiger partial charge in [0, 0.05) is 51.4 Å². The van der Waals surface area contributed by atoms with Crippen LogP contribution in [0.3, 0.4) is 0 Å². The third kappa shape index (κ3) is 3.10. The molecule has 0 bridgehead atoms. The minimum atomic E-state index is -0.146. The maximum Gasteiger partial charge on any atom is 0.0851 e. The van der Waals surface area contributed by atoms with Crippen molar-refractivity contribution in [1.29, 1.82) is 0 Å². The van der Waals surface area contributed by atoms with Crippen molar-refractivity contribution in [2.75, 3.05) is 37.9 Å². The fourth-order valence-electron chi connectivity index (χ4n) is 3.41. The van der Waals surface area contributed by atoms with Crippen molar-refractivity contribution < 1.29 is 14.2 Å². The number of nitrogens with two attached hydrogens (primary N) is 1. The van der Waals surface area contributed by atoms with E-state index in [1.807, 2.05) is 11.8 Å². The Morgan fingerprint density at radius 1 is 1.21 bits per heavy atom. The molecule has 2 N–H and O–H groups in total. The summed E-state index contributed by atoms with van der Waals surface area (Å²) >= 11 is 2.01. The maximum atomic E-state index is 6.46. The molecule has 5 heteroatoms. The molecule has 19 heavy (non-hydrogen) atoms. The van der Waals surface area contributed by atoms with Crippen LogP contribution in [0.1, 0.15) is 32.1 Å². The van der Waals surface area contributed by atoms with Crippen LogP contribution < -0.4 is 5.73 Å². The van der Waals surface area contributed by atoms with Gasteiger partial charge in [0.05, 0.1) is 17.3 Å². The third-order valence-electron chi connectivity index (χ3n) is 4.71. The van der Waals surface area contributed by atoms with E-state index in [2.05, 4.69) is 0 Å². The van der Waals surface area contributed by atoms with E-state index >= 15 is 0 Å². The van der Waals surface area contributed by atoms with E-state index in [4.69, 9.17) is 19.9 Å². The van der Waals surface area contributed by atoms with Crippen LogP contribution in [-0.4, -0.2) is 55.2 Å². The molecule has 1 spiro atoms. The van der Waals surface area contributed by atoms with Gasteiger partial charge < -0.3 is 19.9 Å². The fraction of sp³-hybridized carbons (Fsp3) is 1.00. The lowest BCUT2D eigenvalue weighted by Gasteiger charge is -2.44. The van der Waals surface area contributed by atoms with Crippen LogP contribution >= 0.6 is 11.8 Å². The summed E-state index contributed by atoms with van der Waals surface area (Å²) in [5, 5.41) is 0. The molecule has 0 aliphatic carbocycles. The number of hydrogen-bond acceptors (Lipinski definition) is 5. The lowest BCUT2D eigenvalue weighted by atomic mass is 9.89. The standard InChI is InChI=1S/C14H25NO3S/c15-10-13(2-6-16-7-3-13)18-12-1-5-17-14(9-12)4-8-19-11-14/h12H,1-11,15H2. The first kappa shape index (κ1) is 14.1. The molecule has 2 unspecified atom stereocenters. The van der Waals surface area contributed by atoms with Gasteiger partial charge in [-0.3, -0.25) is 0 Å². The molecule has 3 heterocycles. The summed E-state index contributed by atoms with van der Waals surface area (Å²) in [6, 6.07) is 0. The minimum Gasteiger partial charge on any atom is -0.381 e. The Hall–Kier alpha value is 0.190. The van der Waals surface area contributed by atoms with Crippen LogP contribution in [0.4, 0.5) is 0 Å². The number of thioether (sulfide) groups is 1. The molecule has 0 radical (unpaired) electrons. The van der Waals surface area contributed by atoms with Gasteiger partial charge in [0.1, 0.15) is 0 Å². The Morgan fingerprint density at radius 2 is 2.05 bits per heavy atom. The predicted octanol–water partition coefficient (Wildman–Crippen LogP) is 1.57. The van der Waals surface area contributed by atoms with E-state index in [1.54, 1.807) is 0 Å². The first-order chi connectivity index (χ1) is 9.26. The summed E-state index contributed by atoms with van der Waals surface area (Å²) in [6.07, 6.45) is 5.41. The normalized spacial score (nSPS) is 38.7. The Labute approximate surface area is 119 Å². The summed E-state index contributed by atoms with van der Waals surface area (Å²) < 4.78 is 18.0. The van der Waals surface area contributed by atoms with Crippen molar-refractivity contribution in [2.45, 2.75) is 49.4 Å². The highest BCUT2D eigenvalue weighted by Gasteiger charge is 2.43. The average molecular weight is 287 g/mol. The zero-order valence-electron chi connectivity index (χ0n) is 11.6. The molecule has 0 amide bonds. The number of rotatable bonds is 3. The van der Waals surface area contributed by atoms with Crippen LogP contribution in [0.2, 0.25) is 0 Å². The van der Waals surface area contributed by atoms with Gasteiger partial charge in [-0.05, 0) is 18.6 Å². The van der Waals surface area contributed by atoms with E-state index in [-0.39, 0.29) is 11.2 Å². The Balaban J connectivity index is 1.61. The topological polar surface area (TPSA) is 53.7 Å². The monoisotopic (exact) mass is 287 g/mol. The molecule has 0 saturated carbocycles. The van der Waals surface area contributed by atoms with E-state index in [9.17, 15) is 0 Å². The molecule has 3 rings (SSSR count). The molecule has 0 aromatic heterocycles. The van der Waals surface area contributed by atoms with Gasteiger partial charge in [-0.1, -0.05) is 0 Å². The molecule has 2 atom stereocenters. The fourth-order valence-corrected chi connectivity index (χ4v) is 4.79. The molecule has 4 nitrogen and oxygen atoms in total. The van der Waals surface area contributed by atoms with Gasteiger partial charge in [0.25, 0.3) is 0 Å². The Morgan fingerprint density at radius 3 is 2.74 bits per heavy atom. The second-order valence-electron chi connectivity index (χ2n) is 6.07. The van der Waals surface area contributed by atoms with Crippen molar-refractivity contribution in [3.05, 3.63) is 0 Å². The summed E-state index contributed by atoms with van der Waals surface area (Å²) in [5.74, 6) is 2.36. The lowest BCUT2D eigenvalue weighted by molar-refractivity contribution is -0.185. The van der Waals surface area contributed by atoms with E-state index < -0.39 is 0 Å². The summed E-state index contributed by atoms with van der Waals surface area (Å²) in [6.45, 7) is 3.00. The van der Waals surface area contributed by atoms with Crippen LogP contribution in [0, 0.1) is 0 Å². The lowest BCUT2D eigenvalue weighted by Crippen LogP contribution is -2.51. The summed E-state index contributed by atoms with van der Waals surface area (Å²) in [5.41, 5.74) is 5.93. The highest BCUT2D eigenvalue weighted by Crippen LogP contribution is 2.40. The maximum absolute atomic E-state index is 6.46. The van der Waals surface area contributed by atoms with Crippen molar-refractivity contribution in [2.24, 2.45) is 5.73 Å². The van der Waals surface area contributed by atoms with Crippen molar-refractivity contribution in [1.82, 2.24) is 0 Å². The molecule has 3 aliphatic heterocycles. The average Bonchev–Trinajstić information content (AvgIpc) is 2.88. The highest BCUT2D eigenvalue weighted by molar-refractivity contribution is 7.99. The first-order valence-electron chi connectivity index (χ1n) is 7.43. The third-order valence-corrected chi connectivity index (χ3v) is 5.93. The molecule has 3 fully saturated rings. The Bertz CT molecular complexity index is 301. The Kier molecular flexibility index (Phi) is 4.39. The van der Waals surface area contributed by atoms with E-state index in [1.165, 1.54) is 12.2 Å². The van der Waals surface area contributed by atoms with Crippen LogP contribution in [0.15, 0.2) is 0 Å². The number of hydrogen-bond donors (Lipinski definition) is 1. The zero-order valence-corrected chi connectivity index (χ0v) is 12.4. The van der Waals surface area contributed by atoms with Crippen LogP contribution in [0.5, 0.6) is 0 Å². The summed E-state index contributed by atoms with van der Waals surface area (Å²) in [7, 11) is 0. The van der Waals surface area contributed by atoms with E-state index in [0.29, 0.717) is 12.6 Å². The second kappa shape index (κ2) is 5.90. The highest BCUT2D eigenvalue weighted by atomic mass is 32.2. The van der Waals surface area contributed by atoms with Crippen LogP contribution in [0.25, 0.3) is 0 Å². The zero-order chi connectivity index (χ0) is 13.2. The van der Waals surface area contributed by atoms with Crippen LogP contribution in [-0.2, 0) is 14.2 Å². The van der Waals surface area contributed by atoms with E-state index in [0.717, 1.165) is 51.3 Å². The smallest absolute Gasteiger partial charge is 0.0851 e. The van der Waals surface area contributed by atoms with Gasteiger partial charge in [0.2, 0.25) is 0 Å². The largest absolute Gasteiger partial charge is 0.381 e. The molecule has 0 aromatic rings. The van der Waals surface area contributed by atoms with Gasteiger partial charge in [-0.25, -0.2) is 0 Å². The molecule has 3 aliphatic rings. The van der Waals surface area contributed by atoms with Crippen molar-refractivity contribution >= 4 is 11.8 Å². The molecule has 3 saturated heterocycles. The predicted molar refractivity (Wildman–Crippen MR) is 76.6 cm³/mol. The molecular formula is C14H25NO3S. The molecular weight excluding hydrogens is 262 g/mol. The quantitative estimate of drug-likeness (QED) is 0.854. The van der Waals surface area contributed by atoms with Gasteiger partial charge in [-0.15, -0.1) is 0 Å². The van der Waals surface area contributed by atoms with Gasteiger partial charge in [-0.2, -0.15) is 11.8 Å². The second-order valence-corrected chi connectivity index (χ2v) is 7.17. The van der Waals surface area contributed by atoms with Crippen molar-refractivity contribution in [3.63, 3.8) is 0 Å². The van der Waals surface area contributed by atoms with Crippen molar-refractivity contribution in [3.8, 4) is 0 Å². The minimum absolute atomic E-state index is 0.0918. The van der Waals surface area contributed by atoms with Gasteiger partial charge >= 0.3 is 0 Å². The number of ether oxygens (including phenoxy) is 3. The first-order valence-corrected chi connectivity index (χ1v) is 8.59. The summed E-state index contributed by atoms with van der Waals surface area (Å²) in [4.78, 5) is 0. The molecule has 110 valence electrons. The SMILES string of the molecule is NCC1(OC2CCOC3(CCSC3)C2)CCOCC1. The van der Waals surface area contributed by atoms with Gasteiger partial charge in [0.15, 0.2) is 0 Å². The molecule has 0 aromatic carbocycles.